The van der Waals surface area contributed by atoms with E-state index < -0.39 is 0 Å². The second-order valence-corrected chi connectivity index (χ2v) is 4.19. The van der Waals surface area contributed by atoms with Gasteiger partial charge in [-0.15, -0.1) is 0 Å². The van der Waals surface area contributed by atoms with Crippen LogP contribution in [0.1, 0.15) is 13.8 Å². The second kappa shape index (κ2) is 6.86. The van der Waals surface area contributed by atoms with Crippen molar-refractivity contribution < 1.29 is 14.3 Å². The van der Waals surface area contributed by atoms with Crippen molar-refractivity contribution in [2.45, 2.75) is 19.9 Å². The molecule has 0 spiro atoms. The quantitative estimate of drug-likeness (QED) is 0.808. The van der Waals surface area contributed by atoms with E-state index in [9.17, 15) is 4.79 Å². The number of amides is 1. The second-order valence-electron chi connectivity index (χ2n) is 4.19. The highest BCUT2D eigenvalue weighted by Crippen LogP contribution is 2.25. The number of hydrogen-bond donors (Lipinski definition) is 2. The van der Waals surface area contributed by atoms with E-state index in [1.807, 2.05) is 13.8 Å². The summed E-state index contributed by atoms with van der Waals surface area (Å²) in [6.45, 7) is 4.25. The van der Waals surface area contributed by atoms with Crippen molar-refractivity contribution in [3.05, 3.63) is 18.2 Å². The van der Waals surface area contributed by atoms with Crippen LogP contribution in [0.4, 0.5) is 5.69 Å². The Balaban J connectivity index is 2.68. The lowest BCUT2D eigenvalue weighted by atomic mass is 10.2. The van der Waals surface area contributed by atoms with Gasteiger partial charge in [0.25, 0.3) is 0 Å². The molecule has 100 valence electrons. The zero-order valence-electron chi connectivity index (χ0n) is 11.2. The van der Waals surface area contributed by atoms with E-state index >= 15 is 0 Å². The molecular weight excluding hydrogens is 232 g/mol. The normalized spacial score (nSPS) is 10.3. The van der Waals surface area contributed by atoms with Crippen molar-refractivity contribution in [1.29, 1.82) is 0 Å². The zero-order chi connectivity index (χ0) is 13.5. The van der Waals surface area contributed by atoms with Gasteiger partial charge in [0.2, 0.25) is 5.91 Å². The SMILES string of the molecule is COc1cc(NC(=O)CNC(C)C)cc(OC)c1. The van der Waals surface area contributed by atoms with Gasteiger partial charge in [0.15, 0.2) is 0 Å². The van der Waals surface area contributed by atoms with Gasteiger partial charge in [-0.05, 0) is 0 Å². The van der Waals surface area contributed by atoms with Gasteiger partial charge in [0.05, 0.1) is 20.8 Å². The summed E-state index contributed by atoms with van der Waals surface area (Å²) in [5.41, 5.74) is 0.654. The zero-order valence-corrected chi connectivity index (χ0v) is 11.2. The number of hydrogen-bond acceptors (Lipinski definition) is 4. The molecule has 1 aromatic rings. The highest BCUT2D eigenvalue weighted by atomic mass is 16.5. The Labute approximate surface area is 107 Å². The Kier molecular flexibility index (Phi) is 5.45. The van der Waals surface area contributed by atoms with Crippen molar-refractivity contribution in [3.63, 3.8) is 0 Å². The molecular formula is C13H20N2O3. The van der Waals surface area contributed by atoms with Crippen LogP contribution in [0.5, 0.6) is 11.5 Å². The van der Waals surface area contributed by atoms with Gasteiger partial charge in [-0.25, -0.2) is 0 Å². The molecule has 0 saturated carbocycles. The topological polar surface area (TPSA) is 59.6 Å². The van der Waals surface area contributed by atoms with Crippen LogP contribution < -0.4 is 20.1 Å². The lowest BCUT2D eigenvalue weighted by Gasteiger charge is -2.11. The summed E-state index contributed by atoms with van der Waals surface area (Å²) in [7, 11) is 3.14. The maximum atomic E-state index is 11.7. The third-order valence-electron chi connectivity index (χ3n) is 2.31. The molecule has 1 aromatic carbocycles. The predicted molar refractivity (Wildman–Crippen MR) is 71.3 cm³/mol. The molecule has 0 unspecified atom stereocenters. The van der Waals surface area contributed by atoms with Crippen molar-refractivity contribution in [1.82, 2.24) is 5.32 Å². The number of benzene rings is 1. The fraction of sp³-hybridized carbons (Fsp3) is 0.462. The highest BCUT2D eigenvalue weighted by molar-refractivity contribution is 5.92. The molecule has 0 atom stereocenters. The minimum absolute atomic E-state index is 0.0981. The average Bonchev–Trinajstić information content (AvgIpc) is 2.35. The maximum absolute atomic E-state index is 11.7. The van der Waals surface area contributed by atoms with Crippen molar-refractivity contribution in [3.8, 4) is 11.5 Å². The maximum Gasteiger partial charge on any atom is 0.238 e. The van der Waals surface area contributed by atoms with Crippen LogP contribution in [0, 0.1) is 0 Å². The smallest absolute Gasteiger partial charge is 0.238 e. The fourth-order valence-corrected chi connectivity index (χ4v) is 1.38. The first-order valence-electron chi connectivity index (χ1n) is 5.81. The molecule has 0 saturated heterocycles. The molecule has 0 aliphatic carbocycles. The Morgan fingerprint density at radius 2 is 1.72 bits per heavy atom. The van der Waals surface area contributed by atoms with Crippen LogP contribution in [0.25, 0.3) is 0 Å². The van der Waals surface area contributed by atoms with Crippen molar-refractivity contribution in [2.24, 2.45) is 0 Å². The monoisotopic (exact) mass is 252 g/mol. The molecule has 1 amide bonds. The number of anilines is 1. The fourth-order valence-electron chi connectivity index (χ4n) is 1.38. The van der Waals surface area contributed by atoms with Gasteiger partial charge in [-0.2, -0.15) is 0 Å². The van der Waals surface area contributed by atoms with E-state index in [2.05, 4.69) is 10.6 Å². The lowest BCUT2D eigenvalue weighted by Crippen LogP contribution is -2.32. The first-order chi connectivity index (χ1) is 8.55. The van der Waals surface area contributed by atoms with Crippen LogP contribution in [-0.4, -0.2) is 32.7 Å². The summed E-state index contributed by atoms with van der Waals surface area (Å²) in [6, 6.07) is 5.52. The molecule has 18 heavy (non-hydrogen) atoms. The van der Waals surface area contributed by atoms with E-state index in [0.29, 0.717) is 17.2 Å². The average molecular weight is 252 g/mol. The molecule has 5 nitrogen and oxygen atoms in total. The molecule has 0 heterocycles. The minimum Gasteiger partial charge on any atom is -0.497 e. The third-order valence-corrected chi connectivity index (χ3v) is 2.31. The number of carbonyl (C=O) groups is 1. The standard InChI is InChI=1S/C13H20N2O3/c1-9(2)14-8-13(16)15-10-5-11(17-3)7-12(6-10)18-4/h5-7,9,14H,8H2,1-4H3,(H,15,16). The summed E-state index contributed by atoms with van der Waals surface area (Å²) in [4.78, 5) is 11.7. The molecule has 1 rings (SSSR count). The van der Waals surface area contributed by atoms with Crippen LogP contribution in [0.3, 0.4) is 0 Å². The molecule has 0 bridgehead atoms. The number of ether oxygens (including phenoxy) is 2. The summed E-state index contributed by atoms with van der Waals surface area (Å²) in [5.74, 6) is 1.18. The van der Waals surface area contributed by atoms with Gasteiger partial charge in [-0.1, -0.05) is 13.8 Å². The first kappa shape index (κ1) is 14.3. The predicted octanol–water partition coefficient (Wildman–Crippen LogP) is 1.64. The lowest BCUT2D eigenvalue weighted by molar-refractivity contribution is -0.115. The summed E-state index contributed by atoms with van der Waals surface area (Å²) in [6.07, 6.45) is 0. The Bertz CT molecular complexity index is 383. The van der Waals surface area contributed by atoms with Crippen LogP contribution >= 0.6 is 0 Å². The third kappa shape index (κ3) is 4.63. The largest absolute Gasteiger partial charge is 0.497 e. The van der Waals surface area contributed by atoms with Crippen LogP contribution in [-0.2, 0) is 4.79 Å². The molecule has 0 aliphatic heterocycles. The van der Waals surface area contributed by atoms with E-state index in [-0.39, 0.29) is 18.5 Å². The van der Waals surface area contributed by atoms with Crippen LogP contribution in [0.2, 0.25) is 0 Å². The molecule has 0 radical (unpaired) electrons. The summed E-state index contributed by atoms with van der Waals surface area (Å²) in [5, 5.41) is 5.83. The number of carbonyl (C=O) groups excluding carboxylic acids is 1. The minimum atomic E-state index is -0.0981. The summed E-state index contributed by atoms with van der Waals surface area (Å²) < 4.78 is 10.3. The molecule has 0 fully saturated rings. The van der Waals surface area contributed by atoms with E-state index in [4.69, 9.17) is 9.47 Å². The number of rotatable bonds is 6. The van der Waals surface area contributed by atoms with E-state index in [1.165, 1.54) is 0 Å². The summed E-state index contributed by atoms with van der Waals surface area (Å²) >= 11 is 0. The highest BCUT2D eigenvalue weighted by Gasteiger charge is 2.06. The first-order valence-corrected chi connectivity index (χ1v) is 5.81. The molecule has 0 aliphatic rings. The molecule has 2 N–H and O–H groups in total. The van der Waals surface area contributed by atoms with Crippen LogP contribution in [0.15, 0.2) is 18.2 Å². The Morgan fingerprint density at radius 3 is 2.17 bits per heavy atom. The van der Waals surface area contributed by atoms with Gasteiger partial charge in [0.1, 0.15) is 11.5 Å². The number of methoxy groups -OCH3 is 2. The van der Waals surface area contributed by atoms with E-state index in [0.717, 1.165) is 0 Å². The Hall–Kier alpha value is -1.75. The van der Waals surface area contributed by atoms with E-state index in [1.54, 1.807) is 32.4 Å². The van der Waals surface area contributed by atoms with Gasteiger partial charge >= 0.3 is 0 Å². The number of nitrogens with one attached hydrogen (secondary N) is 2. The molecule has 0 aromatic heterocycles. The molecule has 5 heteroatoms. The van der Waals surface area contributed by atoms with Gasteiger partial charge < -0.3 is 20.1 Å². The Morgan fingerprint density at radius 1 is 1.17 bits per heavy atom. The van der Waals surface area contributed by atoms with Gasteiger partial charge in [0, 0.05) is 29.9 Å². The van der Waals surface area contributed by atoms with Gasteiger partial charge in [-0.3, -0.25) is 4.79 Å². The van der Waals surface area contributed by atoms with Crippen molar-refractivity contribution in [2.75, 3.05) is 26.1 Å². The van der Waals surface area contributed by atoms with Crippen molar-refractivity contribution >= 4 is 11.6 Å².